The van der Waals surface area contributed by atoms with Gasteiger partial charge in [0.1, 0.15) is 116 Å². The van der Waals surface area contributed by atoms with E-state index in [0.717, 1.165) is 0 Å². The average Bonchev–Trinajstić information content (AvgIpc) is 3.17. The van der Waals surface area contributed by atoms with Gasteiger partial charge < -0.3 is 124 Å². The van der Waals surface area contributed by atoms with Crippen molar-refractivity contribution in [1.82, 2.24) is 0 Å². The first kappa shape index (κ1) is 45.1. The molecule has 25 heteroatoms. The summed E-state index contributed by atoms with van der Waals surface area (Å²) in [7, 11) is 0. The van der Waals surface area contributed by atoms with Crippen molar-refractivity contribution in [3.8, 4) is 0 Å². The molecule has 25 atom stereocenters. The van der Waals surface area contributed by atoms with Gasteiger partial charge in [0.15, 0.2) is 31.5 Å². The van der Waals surface area contributed by atoms with E-state index in [4.69, 9.17) is 42.6 Å². The minimum atomic E-state index is -2.09. The highest BCUT2D eigenvalue weighted by Gasteiger charge is 2.57. The van der Waals surface area contributed by atoms with Gasteiger partial charge in [-0.1, -0.05) is 0 Å². The second-order valence-electron chi connectivity index (χ2n) is 13.9. The van der Waals surface area contributed by atoms with Crippen LogP contribution in [0, 0.1) is 0 Å². The molecule has 0 aromatic rings. The Bertz CT molecular complexity index is 1190. The number of aliphatic hydroxyl groups is 16. The maximum Gasteiger partial charge on any atom is 0.187 e. The van der Waals surface area contributed by atoms with Crippen molar-refractivity contribution in [3.05, 3.63) is 0 Å². The smallest absolute Gasteiger partial charge is 0.187 e. The van der Waals surface area contributed by atoms with Gasteiger partial charge in [0, 0.05) is 0 Å². The third-order valence-corrected chi connectivity index (χ3v) is 10.3. The van der Waals surface area contributed by atoms with Crippen LogP contribution in [-0.4, -0.2) is 262 Å². The van der Waals surface area contributed by atoms with E-state index in [1.54, 1.807) is 0 Å². The molecular weight excluding hydrogens is 760 g/mol. The summed E-state index contributed by atoms with van der Waals surface area (Å²) in [5.74, 6) is 0. The predicted octanol–water partition coefficient (Wildman–Crippen LogP) is -10.9. The van der Waals surface area contributed by atoms with Gasteiger partial charge in [-0.25, -0.2) is 0 Å². The SMILES string of the molecule is C[C@@H]1O[C@@H](O)[C@H](O)[C@H](O)[C@H]1O[C@@H]1O[C@H](CO)[C@H](O)[C@H](O[C@H]2O[C@H](CO)[C@@H](O)[C@H](O)[C@@H]2O[C@H]2O[C@H](CO)[C@@H](O)[C@H](O)[C@@H]2O)[C@H]1O[C@H]1O[C@H](CO)[C@@H](O)[C@H](O)[C@H]1O. The molecule has 322 valence electrons. The number of aliphatic hydroxyl groups excluding tert-OH is 16. The first-order valence-corrected chi connectivity index (χ1v) is 17.5. The van der Waals surface area contributed by atoms with Crippen molar-refractivity contribution in [2.24, 2.45) is 0 Å². The Morgan fingerprint density at radius 2 is 0.673 bits per heavy atom. The molecule has 0 spiro atoms. The lowest BCUT2D eigenvalue weighted by Crippen LogP contribution is -2.69. The van der Waals surface area contributed by atoms with Crippen molar-refractivity contribution >= 4 is 0 Å². The molecule has 0 aliphatic carbocycles. The Hall–Kier alpha value is -1.00. The summed E-state index contributed by atoms with van der Waals surface area (Å²) in [6.07, 6.45) is -46.6. The van der Waals surface area contributed by atoms with E-state index in [1.165, 1.54) is 6.92 Å². The molecule has 0 unspecified atom stereocenters. The summed E-state index contributed by atoms with van der Waals surface area (Å²) in [6.45, 7) is -2.40. The summed E-state index contributed by atoms with van der Waals surface area (Å²) in [4.78, 5) is 0. The fourth-order valence-corrected chi connectivity index (χ4v) is 6.95. The molecular formula is C30H52O25. The zero-order valence-corrected chi connectivity index (χ0v) is 29.1. The van der Waals surface area contributed by atoms with Crippen LogP contribution in [0.2, 0.25) is 0 Å². The molecule has 5 heterocycles. The highest BCUT2D eigenvalue weighted by molar-refractivity contribution is 4.99. The quantitative estimate of drug-likeness (QED) is 0.0870. The highest BCUT2D eigenvalue weighted by Crippen LogP contribution is 2.37. The van der Waals surface area contributed by atoms with E-state index < -0.39 is 180 Å². The fraction of sp³-hybridized carbons (Fsp3) is 1.00. The maximum atomic E-state index is 11.5. The van der Waals surface area contributed by atoms with Crippen LogP contribution in [0.25, 0.3) is 0 Å². The normalized spacial score (nSPS) is 53.9. The summed E-state index contributed by atoms with van der Waals surface area (Å²) >= 11 is 0. The topological polar surface area (TPSA) is 407 Å². The van der Waals surface area contributed by atoms with Crippen LogP contribution in [-0.2, 0) is 42.6 Å². The van der Waals surface area contributed by atoms with Crippen LogP contribution in [0.5, 0.6) is 0 Å². The van der Waals surface area contributed by atoms with Crippen molar-refractivity contribution < 1.29 is 124 Å². The Balaban J connectivity index is 1.52. The molecule has 55 heavy (non-hydrogen) atoms. The molecule has 5 aliphatic heterocycles. The Labute approximate surface area is 311 Å². The van der Waals surface area contributed by atoms with Crippen molar-refractivity contribution in [2.45, 2.75) is 160 Å². The summed E-state index contributed by atoms with van der Waals surface area (Å²) in [5, 5.41) is 167. The van der Waals surface area contributed by atoms with E-state index in [2.05, 4.69) is 0 Å². The molecule has 0 radical (unpaired) electrons. The van der Waals surface area contributed by atoms with Gasteiger partial charge in [-0.15, -0.1) is 0 Å². The van der Waals surface area contributed by atoms with Gasteiger partial charge in [0.2, 0.25) is 0 Å². The molecule has 5 saturated heterocycles. The molecule has 5 rings (SSSR count). The second kappa shape index (κ2) is 18.9. The zero-order chi connectivity index (χ0) is 40.6. The van der Waals surface area contributed by atoms with E-state index >= 15 is 0 Å². The van der Waals surface area contributed by atoms with Crippen LogP contribution in [0.1, 0.15) is 6.92 Å². The van der Waals surface area contributed by atoms with E-state index in [-0.39, 0.29) is 0 Å². The molecule has 0 aromatic carbocycles. The monoisotopic (exact) mass is 812 g/mol. The van der Waals surface area contributed by atoms with Gasteiger partial charge in [-0.2, -0.15) is 0 Å². The van der Waals surface area contributed by atoms with Crippen LogP contribution in [0.3, 0.4) is 0 Å². The first-order valence-electron chi connectivity index (χ1n) is 17.5. The lowest BCUT2D eigenvalue weighted by atomic mass is 9.95. The van der Waals surface area contributed by atoms with Crippen LogP contribution >= 0.6 is 0 Å². The zero-order valence-electron chi connectivity index (χ0n) is 29.1. The fourth-order valence-electron chi connectivity index (χ4n) is 6.95. The van der Waals surface area contributed by atoms with Gasteiger partial charge in [0.25, 0.3) is 0 Å². The van der Waals surface area contributed by atoms with Crippen molar-refractivity contribution in [3.63, 3.8) is 0 Å². The molecule has 5 aliphatic rings. The molecule has 0 saturated carbocycles. The van der Waals surface area contributed by atoms with Crippen LogP contribution < -0.4 is 0 Å². The Morgan fingerprint density at radius 3 is 1.15 bits per heavy atom. The highest BCUT2D eigenvalue weighted by atomic mass is 16.8. The lowest BCUT2D eigenvalue weighted by molar-refractivity contribution is -0.412. The number of rotatable bonds is 12. The van der Waals surface area contributed by atoms with E-state index in [9.17, 15) is 81.7 Å². The van der Waals surface area contributed by atoms with Gasteiger partial charge in [-0.05, 0) is 6.92 Å². The van der Waals surface area contributed by atoms with Gasteiger partial charge in [0.05, 0.1) is 32.5 Å². The lowest BCUT2D eigenvalue weighted by Gasteiger charge is -2.51. The summed E-state index contributed by atoms with van der Waals surface area (Å²) in [6, 6.07) is 0. The minimum absolute atomic E-state index is 0.881. The van der Waals surface area contributed by atoms with Crippen LogP contribution in [0.15, 0.2) is 0 Å². The van der Waals surface area contributed by atoms with E-state index in [1.807, 2.05) is 0 Å². The summed E-state index contributed by atoms with van der Waals surface area (Å²) < 4.78 is 51.1. The largest absolute Gasteiger partial charge is 0.394 e. The molecule has 0 bridgehead atoms. The van der Waals surface area contributed by atoms with Crippen molar-refractivity contribution in [2.75, 3.05) is 26.4 Å². The maximum absolute atomic E-state index is 11.5. The molecule has 0 aromatic heterocycles. The third kappa shape index (κ3) is 9.11. The van der Waals surface area contributed by atoms with Crippen molar-refractivity contribution in [1.29, 1.82) is 0 Å². The Kier molecular flexibility index (Phi) is 15.5. The predicted molar refractivity (Wildman–Crippen MR) is 165 cm³/mol. The molecule has 16 N–H and O–H groups in total. The average molecular weight is 813 g/mol. The van der Waals surface area contributed by atoms with Crippen LogP contribution in [0.4, 0.5) is 0 Å². The van der Waals surface area contributed by atoms with Gasteiger partial charge >= 0.3 is 0 Å². The molecule has 5 fully saturated rings. The second-order valence-corrected chi connectivity index (χ2v) is 13.9. The van der Waals surface area contributed by atoms with E-state index in [0.29, 0.717) is 0 Å². The number of hydrogen-bond acceptors (Lipinski definition) is 25. The van der Waals surface area contributed by atoms with Gasteiger partial charge in [-0.3, -0.25) is 0 Å². The standard InChI is InChI=1S/C30H52O25/c1-6-22(18(42)19(43)26(46)47-6)52-30-25(55-28-21(45)16(40)12(36)8(3-32)49-28)23(14(38)10(5-34)51-30)53-29-24(17(41)13(37)9(4-33)50-29)54-27-20(44)15(39)11(35)7(2-31)48-27/h6-46H,2-5H2,1H3/t6-,7+,8+,9+,10+,11+,12+,13+,14-,15-,16-,17-,18-,19+,20-,21+,22-,23-,24-,25+,26+,27+,28+,29+,30-/m0/s1. The molecule has 25 nitrogen and oxygen atoms in total. The summed E-state index contributed by atoms with van der Waals surface area (Å²) in [5.41, 5.74) is 0. The number of hydrogen-bond donors (Lipinski definition) is 16. The third-order valence-electron chi connectivity index (χ3n) is 10.3. The minimum Gasteiger partial charge on any atom is -0.394 e. The number of ether oxygens (including phenoxy) is 9. The Morgan fingerprint density at radius 1 is 0.327 bits per heavy atom. The first-order chi connectivity index (χ1) is 26.0. The molecule has 0 amide bonds.